The summed E-state index contributed by atoms with van der Waals surface area (Å²) in [6.45, 7) is 0. The number of aldehydes is 1. The van der Waals surface area contributed by atoms with Gasteiger partial charge in [0.15, 0.2) is 11.4 Å². The van der Waals surface area contributed by atoms with E-state index in [0.717, 1.165) is 11.8 Å². The number of carbonyl (C=O) groups excluding carboxylic acids is 1. The van der Waals surface area contributed by atoms with Crippen LogP contribution in [0.15, 0.2) is 26.1 Å². The van der Waals surface area contributed by atoms with Gasteiger partial charge in [-0.1, -0.05) is 11.6 Å². The van der Waals surface area contributed by atoms with E-state index in [9.17, 15) is 14.4 Å². The number of aryl methyl sites for hydroxylation is 1. The molecule has 0 unspecified atom stereocenters. The maximum atomic E-state index is 11.2. The zero-order valence-electron chi connectivity index (χ0n) is 9.45. The van der Waals surface area contributed by atoms with Gasteiger partial charge >= 0.3 is 11.1 Å². The molecule has 0 aromatic carbocycles. The molecule has 0 bridgehead atoms. The maximum absolute atomic E-state index is 11.2. The molecular weight excluding hydrogens is 294 g/mol. The first-order chi connectivity index (χ1) is 9.02. The Labute approximate surface area is 114 Å². The van der Waals surface area contributed by atoms with Gasteiger partial charge in [0, 0.05) is 7.05 Å². The van der Waals surface area contributed by atoms with Gasteiger partial charge in [0.1, 0.15) is 16.5 Å². The van der Waals surface area contributed by atoms with E-state index in [4.69, 9.17) is 11.6 Å². The third-order valence-electron chi connectivity index (χ3n) is 2.05. The number of halogens is 1. The van der Waals surface area contributed by atoms with E-state index >= 15 is 0 Å². The molecule has 0 amide bonds. The van der Waals surface area contributed by atoms with Crippen molar-refractivity contribution in [3.8, 4) is 0 Å². The second-order valence-corrected chi connectivity index (χ2v) is 4.62. The average Bonchev–Trinajstić information content (AvgIpc) is 2.36. The van der Waals surface area contributed by atoms with E-state index in [1.54, 1.807) is 0 Å². The van der Waals surface area contributed by atoms with Crippen LogP contribution in [0.1, 0.15) is 10.4 Å². The molecule has 8 nitrogen and oxygen atoms in total. The lowest BCUT2D eigenvalue weighted by molar-refractivity contribution is 0.112. The number of aromatic amines is 1. The molecule has 98 valence electrons. The number of rotatable bonds is 3. The Kier molecular flexibility index (Phi) is 3.76. The summed E-state index contributed by atoms with van der Waals surface area (Å²) in [5.41, 5.74) is -1.66. The number of carbonyl (C=O) groups is 1. The van der Waals surface area contributed by atoms with Gasteiger partial charge in [-0.25, -0.2) is 9.97 Å². The second-order valence-electron chi connectivity index (χ2n) is 3.30. The molecule has 2 aromatic heterocycles. The van der Waals surface area contributed by atoms with E-state index in [2.05, 4.69) is 20.1 Å². The Hall–Kier alpha value is -2.00. The number of nitrogens with zero attached hydrogens (tertiary/aromatic N) is 4. The van der Waals surface area contributed by atoms with Crippen molar-refractivity contribution in [2.24, 2.45) is 7.05 Å². The first kappa shape index (κ1) is 13.4. The minimum Gasteiger partial charge on any atom is -0.298 e. The predicted octanol–water partition coefficient (Wildman–Crippen LogP) is -0.124. The largest absolute Gasteiger partial charge is 0.339 e. The Morgan fingerprint density at radius 2 is 2.16 bits per heavy atom. The predicted molar refractivity (Wildman–Crippen MR) is 66.7 cm³/mol. The molecule has 0 fully saturated rings. The summed E-state index contributed by atoms with van der Waals surface area (Å²) in [6.07, 6.45) is 1.69. The lowest BCUT2D eigenvalue weighted by atomic mass is 10.4. The van der Waals surface area contributed by atoms with Crippen LogP contribution in [-0.2, 0) is 7.05 Å². The fourth-order valence-corrected chi connectivity index (χ4v) is 2.25. The van der Waals surface area contributed by atoms with Gasteiger partial charge in [0.2, 0.25) is 0 Å². The minimum absolute atomic E-state index is 0.00178. The third kappa shape index (κ3) is 2.71. The molecule has 19 heavy (non-hydrogen) atoms. The number of H-pyrrole nitrogens is 1. The summed E-state index contributed by atoms with van der Waals surface area (Å²) >= 11 is 6.67. The lowest BCUT2D eigenvalue weighted by Crippen LogP contribution is -2.33. The van der Waals surface area contributed by atoms with Crippen molar-refractivity contribution < 1.29 is 4.79 Å². The van der Waals surface area contributed by atoms with Crippen LogP contribution in [0.5, 0.6) is 0 Å². The highest BCUT2D eigenvalue weighted by Crippen LogP contribution is 2.27. The maximum Gasteiger partial charge on any atom is 0.339 e. The third-order valence-corrected chi connectivity index (χ3v) is 3.42. The van der Waals surface area contributed by atoms with Gasteiger partial charge in [-0.2, -0.15) is 4.98 Å². The zero-order valence-corrected chi connectivity index (χ0v) is 11.0. The highest BCUT2D eigenvalue weighted by atomic mass is 35.5. The molecule has 0 radical (unpaired) electrons. The Morgan fingerprint density at radius 3 is 2.84 bits per heavy atom. The molecule has 0 saturated heterocycles. The van der Waals surface area contributed by atoms with Gasteiger partial charge in [0.05, 0.1) is 5.56 Å². The fourth-order valence-electron chi connectivity index (χ4n) is 1.18. The second kappa shape index (κ2) is 5.33. The Bertz CT molecular complexity index is 756. The number of hydrogen-bond donors (Lipinski definition) is 1. The van der Waals surface area contributed by atoms with Crippen molar-refractivity contribution >= 4 is 29.6 Å². The van der Waals surface area contributed by atoms with Gasteiger partial charge in [-0.3, -0.25) is 24.2 Å². The summed E-state index contributed by atoms with van der Waals surface area (Å²) in [5.74, 6) is 0. The van der Waals surface area contributed by atoms with Crippen molar-refractivity contribution in [2.45, 2.75) is 10.2 Å². The molecule has 2 heterocycles. The average molecular weight is 300 g/mol. The fraction of sp³-hybridized carbons (Fsp3) is 0.111. The molecule has 2 aromatic rings. The molecule has 0 saturated carbocycles. The van der Waals surface area contributed by atoms with E-state index in [-0.39, 0.29) is 20.9 Å². The van der Waals surface area contributed by atoms with Crippen molar-refractivity contribution in [3.05, 3.63) is 37.8 Å². The zero-order chi connectivity index (χ0) is 14.0. The molecule has 10 heteroatoms. The summed E-state index contributed by atoms with van der Waals surface area (Å²) in [7, 11) is 1.50. The van der Waals surface area contributed by atoms with Crippen LogP contribution in [0.4, 0.5) is 0 Å². The molecule has 2 rings (SSSR count). The van der Waals surface area contributed by atoms with E-state index in [1.807, 2.05) is 0 Å². The van der Waals surface area contributed by atoms with Crippen LogP contribution in [0, 0.1) is 0 Å². The summed E-state index contributed by atoms with van der Waals surface area (Å²) in [6, 6.07) is 0. The van der Waals surface area contributed by atoms with Crippen molar-refractivity contribution in [1.29, 1.82) is 0 Å². The number of nitrogens with one attached hydrogen (secondary N) is 1. The monoisotopic (exact) mass is 299 g/mol. The number of hydrogen-bond acceptors (Lipinski definition) is 7. The first-order valence-corrected chi connectivity index (χ1v) is 6.03. The summed E-state index contributed by atoms with van der Waals surface area (Å²) < 4.78 is 1.25. The Morgan fingerprint density at radius 1 is 1.42 bits per heavy atom. The molecule has 0 aliphatic carbocycles. The van der Waals surface area contributed by atoms with Crippen LogP contribution in [0.25, 0.3) is 0 Å². The molecule has 1 N–H and O–H groups in total. The summed E-state index contributed by atoms with van der Waals surface area (Å²) in [4.78, 5) is 44.3. The molecule has 0 spiro atoms. The number of aromatic nitrogens is 5. The van der Waals surface area contributed by atoms with Crippen molar-refractivity contribution in [3.63, 3.8) is 0 Å². The highest BCUT2D eigenvalue weighted by Gasteiger charge is 2.13. The van der Waals surface area contributed by atoms with Gasteiger partial charge < -0.3 is 0 Å². The highest BCUT2D eigenvalue weighted by molar-refractivity contribution is 7.99. The molecule has 0 aliphatic rings. The minimum atomic E-state index is -0.923. The van der Waals surface area contributed by atoms with E-state index in [0.29, 0.717) is 6.29 Å². The smallest absolute Gasteiger partial charge is 0.298 e. The van der Waals surface area contributed by atoms with Gasteiger partial charge in [-0.05, 0) is 11.8 Å². The van der Waals surface area contributed by atoms with Crippen LogP contribution in [0.2, 0.25) is 5.15 Å². The summed E-state index contributed by atoms with van der Waals surface area (Å²) in [5, 5.41) is 2.69. The SMILES string of the molecule is Cn1[nH]c(=O)c(=O)nc1Sc1ncnc(Cl)c1C=O. The standard InChI is InChI=1S/C9H6ClN5O3S/c1-15-9(13-6(17)7(18)14-15)19-8-4(2-16)5(10)11-3-12-8/h2-3H,1H3,(H,14,18). The van der Waals surface area contributed by atoms with Crippen LogP contribution < -0.4 is 11.1 Å². The quantitative estimate of drug-likeness (QED) is 0.477. The van der Waals surface area contributed by atoms with Crippen molar-refractivity contribution in [1.82, 2.24) is 24.7 Å². The molecule has 0 atom stereocenters. The lowest BCUT2D eigenvalue weighted by Gasteiger charge is -2.06. The van der Waals surface area contributed by atoms with Crippen LogP contribution >= 0.6 is 23.4 Å². The van der Waals surface area contributed by atoms with E-state index < -0.39 is 11.1 Å². The van der Waals surface area contributed by atoms with Gasteiger partial charge in [-0.15, -0.1) is 0 Å². The van der Waals surface area contributed by atoms with Crippen molar-refractivity contribution in [2.75, 3.05) is 0 Å². The van der Waals surface area contributed by atoms with Gasteiger partial charge in [0.25, 0.3) is 0 Å². The Balaban J connectivity index is 2.50. The first-order valence-electron chi connectivity index (χ1n) is 4.84. The molecular formula is C9H6ClN5O3S. The molecule has 0 aliphatic heterocycles. The van der Waals surface area contributed by atoms with Crippen LogP contribution in [0.3, 0.4) is 0 Å². The topological polar surface area (TPSA) is 111 Å². The normalized spacial score (nSPS) is 10.4. The van der Waals surface area contributed by atoms with E-state index in [1.165, 1.54) is 18.1 Å². The van der Waals surface area contributed by atoms with Crippen LogP contribution in [-0.4, -0.2) is 31.0 Å².